The molecule has 0 saturated heterocycles. The van der Waals surface area contributed by atoms with Crippen LogP contribution in [0.25, 0.3) is 0 Å². The van der Waals surface area contributed by atoms with Gasteiger partial charge < -0.3 is 15.5 Å². The van der Waals surface area contributed by atoms with E-state index >= 15 is 0 Å². The van der Waals surface area contributed by atoms with Crippen LogP contribution in [0.2, 0.25) is 0 Å². The van der Waals surface area contributed by atoms with E-state index in [1.807, 2.05) is 6.08 Å². The number of rotatable bonds is 43. The van der Waals surface area contributed by atoms with Gasteiger partial charge in [0, 0.05) is 6.42 Å². The van der Waals surface area contributed by atoms with Crippen LogP contribution >= 0.6 is 0 Å². The predicted molar refractivity (Wildman–Crippen MR) is 266 cm³/mol. The SMILES string of the molecule is CC/C=C\C/C=C\C/C=C\C/C=C\C/C=C\C/C=C\C/C=C\C/C=C\C/C=C\CCCCCC(=O)NC(CO)C(O)/C=C/CCCCCCCCCCCCCCCCC. The molecular formula is C56H93NO3. The molecule has 0 aliphatic rings. The average Bonchev–Trinajstić information content (AvgIpc) is 3.25. The van der Waals surface area contributed by atoms with Crippen LogP contribution < -0.4 is 5.32 Å². The Kier molecular flexibility index (Phi) is 47.5. The molecular weight excluding hydrogens is 735 g/mol. The molecule has 0 bridgehead atoms. The third-order valence-electron chi connectivity index (χ3n) is 10.5. The van der Waals surface area contributed by atoms with Crippen molar-refractivity contribution in [2.45, 2.75) is 219 Å². The van der Waals surface area contributed by atoms with Gasteiger partial charge in [0.1, 0.15) is 0 Å². The van der Waals surface area contributed by atoms with E-state index < -0.39 is 12.1 Å². The Bertz CT molecular complexity index is 1210. The molecule has 60 heavy (non-hydrogen) atoms. The van der Waals surface area contributed by atoms with Gasteiger partial charge >= 0.3 is 0 Å². The van der Waals surface area contributed by atoms with Gasteiger partial charge in [-0.3, -0.25) is 4.79 Å². The summed E-state index contributed by atoms with van der Waals surface area (Å²) in [6, 6.07) is -0.649. The highest BCUT2D eigenvalue weighted by atomic mass is 16.3. The quantitative estimate of drug-likeness (QED) is 0.0424. The largest absolute Gasteiger partial charge is 0.394 e. The predicted octanol–water partition coefficient (Wildman–Crippen LogP) is 16.1. The van der Waals surface area contributed by atoms with Gasteiger partial charge in [0.25, 0.3) is 0 Å². The van der Waals surface area contributed by atoms with Crippen LogP contribution in [0.15, 0.2) is 122 Å². The molecule has 0 rings (SSSR count). The second-order valence-electron chi connectivity index (χ2n) is 16.1. The lowest BCUT2D eigenvalue weighted by Gasteiger charge is -2.19. The van der Waals surface area contributed by atoms with E-state index in [0.717, 1.165) is 96.3 Å². The van der Waals surface area contributed by atoms with Crippen molar-refractivity contribution in [2.24, 2.45) is 0 Å². The van der Waals surface area contributed by atoms with Crippen molar-refractivity contribution in [1.82, 2.24) is 5.32 Å². The number of nitrogens with one attached hydrogen (secondary N) is 1. The third-order valence-corrected chi connectivity index (χ3v) is 10.5. The number of amides is 1. The van der Waals surface area contributed by atoms with Crippen molar-refractivity contribution in [1.29, 1.82) is 0 Å². The van der Waals surface area contributed by atoms with E-state index in [2.05, 4.69) is 129 Å². The smallest absolute Gasteiger partial charge is 0.220 e. The highest BCUT2D eigenvalue weighted by Gasteiger charge is 2.17. The van der Waals surface area contributed by atoms with Gasteiger partial charge in [0.05, 0.1) is 18.8 Å². The van der Waals surface area contributed by atoms with Gasteiger partial charge in [-0.2, -0.15) is 0 Å². The molecule has 0 aromatic heterocycles. The Balaban J connectivity index is 3.72. The molecule has 1 amide bonds. The molecule has 0 spiro atoms. The maximum atomic E-state index is 12.4. The molecule has 0 radical (unpaired) electrons. The number of hydrogen-bond acceptors (Lipinski definition) is 3. The minimum absolute atomic E-state index is 0.101. The van der Waals surface area contributed by atoms with Gasteiger partial charge in [-0.25, -0.2) is 0 Å². The van der Waals surface area contributed by atoms with Crippen LogP contribution in [0.1, 0.15) is 206 Å². The average molecular weight is 828 g/mol. The summed E-state index contributed by atoms with van der Waals surface area (Å²) in [5, 5.41) is 23.0. The number of aliphatic hydroxyl groups excluding tert-OH is 2. The zero-order valence-electron chi connectivity index (χ0n) is 38.9. The first-order chi connectivity index (χ1) is 29.7. The zero-order valence-corrected chi connectivity index (χ0v) is 38.9. The van der Waals surface area contributed by atoms with Crippen molar-refractivity contribution in [3.63, 3.8) is 0 Å². The summed E-state index contributed by atoms with van der Waals surface area (Å²) in [5.74, 6) is -0.101. The van der Waals surface area contributed by atoms with Crippen LogP contribution in [-0.2, 0) is 4.79 Å². The summed E-state index contributed by atoms with van der Waals surface area (Å²) in [7, 11) is 0. The van der Waals surface area contributed by atoms with Crippen LogP contribution in [0, 0.1) is 0 Å². The first kappa shape index (κ1) is 56.8. The molecule has 0 aromatic carbocycles. The Labute approximate surface area is 371 Å². The van der Waals surface area contributed by atoms with Crippen LogP contribution in [-0.4, -0.2) is 34.9 Å². The number of carbonyl (C=O) groups excluding carboxylic acids is 1. The normalized spacial score (nSPS) is 14.0. The second kappa shape index (κ2) is 50.1. The summed E-state index contributed by atoms with van der Waals surface area (Å²) in [6.45, 7) is 4.17. The highest BCUT2D eigenvalue weighted by Crippen LogP contribution is 2.14. The molecule has 2 atom stereocenters. The summed E-state index contributed by atoms with van der Waals surface area (Å²) in [6.07, 6.45) is 77.4. The lowest BCUT2D eigenvalue weighted by Crippen LogP contribution is -2.45. The highest BCUT2D eigenvalue weighted by molar-refractivity contribution is 5.76. The summed E-state index contributed by atoms with van der Waals surface area (Å²) < 4.78 is 0. The van der Waals surface area contributed by atoms with E-state index in [4.69, 9.17) is 0 Å². The van der Waals surface area contributed by atoms with E-state index in [1.54, 1.807) is 6.08 Å². The second-order valence-corrected chi connectivity index (χ2v) is 16.1. The van der Waals surface area contributed by atoms with E-state index in [1.165, 1.54) is 89.9 Å². The first-order valence-corrected chi connectivity index (χ1v) is 24.7. The fourth-order valence-electron chi connectivity index (χ4n) is 6.70. The maximum absolute atomic E-state index is 12.4. The molecule has 0 saturated carbocycles. The van der Waals surface area contributed by atoms with Gasteiger partial charge in [-0.05, 0) is 89.9 Å². The monoisotopic (exact) mass is 828 g/mol. The molecule has 4 heteroatoms. The van der Waals surface area contributed by atoms with Crippen molar-refractivity contribution in [2.75, 3.05) is 6.61 Å². The number of aliphatic hydroxyl groups is 2. The van der Waals surface area contributed by atoms with Crippen molar-refractivity contribution in [3.05, 3.63) is 122 Å². The Morgan fingerprint density at radius 2 is 0.733 bits per heavy atom. The van der Waals surface area contributed by atoms with E-state index in [0.29, 0.717) is 6.42 Å². The number of hydrogen-bond donors (Lipinski definition) is 3. The van der Waals surface area contributed by atoms with Gasteiger partial charge in [-0.15, -0.1) is 0 Å². The number of allylic oxidation sites excluding steroid dienone is 19. The summed E-state index contributed by atoms with van der Waals surface area (Å²) in [4.78, 5) is 12.4. The molecule has 3 N–H and O–H groups in total. The topological polar surface area (TPSA) is 69.6 Å². The van der Waals surface area contributed by atoms with E-state index in [9.17, 15) is 15.0 Å². The molecule has 0 fully saturated rings. The minimum atomic E-state index is -0.862. The lowest BCUT2D eigenvalue weighted by atomic mass is 10.0. The van der Waals surface area contributed by atoms with Crippen molar-refractivity contribution < 1.29 is 15.0 Å². The van der Waals surface area contributed by atoms with Crippen molar-refractivity contribution >= 4 is 5.91 Å². The molecule has 0 aromatic rings. The number of carbonyl (C=O) groups is 1. The minimum Gasteiger partial charge on any atom is -0.394 e. The van der Waals surface area contributed by atoms with Gasteiger partial charge in [0.15, 0.2) is 0 Å². The van der Waals surface area contributed by atoms with Crippen LogP contribution in [0.4, 0.5) is 0 Å². The Hall–Kier alpha value is -3.21. The van der Waals surface area contributed by atoms with Gasteiger partial charge in [-0.1, -0.05) is 232 Å². The van der Waals surface area contributed by atoms with Gasteiger partial charge in [0.2, 0.25) is 5.91 Å². The van der Waals surface area contributed by atoms with Crippen molar-refractivity contribution in [3.8, 4) is 0 Å². The summed E-state index contributed by atoms with van der Waals surface area (Å²) in [5.41, 5.74) is 0. The molecule has 0 aliphatic carbocycles. The third kappa shape index (κ3) is 45.9. The van der Waals surface area contributed by atoms with Crippen LogP contribution in [0.3, 0.4) is 0 Å². The first-order valence-electron chi connectivity index (χ1n) is 24.7. The fourth-order valence-corrected chi connectivity index (χ4v) is 6.70. The summed E-state index contributed by atoms with van der Waals surface area (Å²) >= 11 is 0. The fraction of sp³-hybridized carbons (Fsp3) is 0.625. The molecule has 0 aliphatic heterocycles. The molecule has 4 nitrogen and oxygen atoms in total. The number of unbranched alkanes of at least 4 members (excludes halogenated alkanes) is 18. The molecule has 2 unspecified atom stereocenters. The van der Waals surface area contributed by atoms with E-state index in [-0.39, 0.29) is 12.5 Å². The molecule has 0 heterocycles. The standard InChI is InChI=1S/C56H93NO3/c1-3-5-7-9-11-13-15-17-19-21-22-23-24-25-26-27-28-29-30-31-32-33-34-36-38-40-42-44-46-48-50-52-56(60)57-54(53-58)55(59)51-49-47-45-43-41-39-37-35-20-18-16-14-12-10-8-6-4-2/h5,7,11,13,17,19,22-23,25-26,28-29,31-32,34,36,40,42,49,51,54-55,58-59H,3-4,6,8-10,12,14-16,18,20-21,24,27,30,33,35,37-39,41,43-48,50,52-53H2,1-2H3,(H,57,60)/b7-5-,13-11-,19-17-,23-22-,26-25-,29-28-,32-31-,36-34-,42-40-,51-49+. The maximum Gasteiger partial charge on any atom is 0.220 e. The zero-order chi connectivity index (χ0) is 43.5. The Morgan fingerprint density at radius 3 is 1.10 bits per heavy atom. The lowest BCUT2D eigenvalue weighted by molar-refractivity contribution is -0.123. The van der Waals surface area contributed by atoms with Crippen LogP contribution in [0.5, 0.6) is 0 Å². The Morgan fingerprint density at radius 1 is 0.417 bits per heavy atom. The molecule has 340 valence electrons.